The normalized spacial score (nSPS) is 23.8. The molecule has 0 unspecified atom stereocenters. The zero-order valence-electron chi connectivity index (χ0n) is 14.2. The first-order chi connectivity index (χ1) is 11.8. The molecule has 5 nitrogen and oxygen atoms in total. The van der Waals surface area contributed by atoms with Gasteiger partial charge in [0.05, 0.1) is 19.7 Å². The molecular formula is C17H23F3N2O3. The predicted molar refractivity (Wildman–Crippen MR) is 84.1 cm³/mol. The molecule has 1 aromatic heterocycles. The number of ether oxygens (including phenoxy) is 1. The first-order valence-electron chi connectivity index (χ1n) is 8.61. The number of alkyl halides is 3. The van der Waals surface area contributed by atoms with E-state index >= 15 is 0 Å². The van der Waals surface area contributed by atoms with Crippen molar-refractivity contribution in [2.75, 3.05) is 32.8 Å². The van der Waals surface area contributed by atoms with Crippen LogP contribution in [0.25, 0.3) is 0 Å². The number of morpholine rings is 1. The summed E-state index contributed by atoms with van der Waals surface area (Å²) in [7, 11) is 0. The minimum absolute atomic E-state index is 0.0863. The highest BCUT2D eigenvalue weighted by Gasteiger charge is 2.44. The summed E-state index contributed by atoms with van der Waals surface area (Å²) in [6.07, 6.45) is -4.13. The van der Waals surface area contributed by atoms with Gasteiger partial charge in [-0.3, -0.25) is 9.69 Å². The maximum absolute atomic E-state index is 12.8. The van der Waals surface area contributed by atoms with Gasteiger partial charge in [-0.25, -0.2) is 0 Å². The van der Waals surface area contributed by atoms with Gasteiger partial charge in [-0.05, 0) is 44.0 Å². The number of amides is 1. The second-order valence-corrected chi connectivity index (χ2v) is 6.88. The Morgan fingerprint density at radius 3 is 2.64 bits per heavy atom. The molecule has 1 aromatic rings. The van der Waals surface area contributed by atoms with Crippen molar-refractivity contribution in [2.45, 2.75) is 38.6 Å². The molecule has 0 aromatic carbocycles. The number of rotatable bonds is 3. The summed E-state index contributed by atoms with van der Waals surface area (Å²) in [6, 6.07) is 3.27. The third kappa shape index (κ3) is 4.55. The van der Waals surface area contributed by atoms with Gasteiger partial charge in [-0.1, -0.05) is 6.92 Å². The molecule has 0 N–H and O–H groups in total. The number of carbonyl (C=O) groups is 1. The third-order valence-corrected chi connectivity index (χ3v) is 4.85. The smallest absolute Gasteiger partial charge is 0.416 e. The number of carbonyl (C=O) groups excluding carboxylic acids is 1. The Hall–Kier alpha value is -1.54. The van der Waals surface area contributed by atoms with Crippen LogP contribution in [0.1, 0.15) is 36.1 Å². The van der Waals surface area contributed by atoms with Crippen LogP contribution >= 0.6 is 0 Å². The van der Waals surface area contributed by atoms with Gasteiger partial charge in [0, 0.05) is 6.54 Å². The maximum Gasteiger partial charge on any atom is 0.416 e. The Labute approximate surface area is 144 Å². The van der Waals surface area contributed by atoms with Crippen molar-refractivity contribution >= 4 is 5.91 Å². The molecule has 0 spiro atoms. The SMILES string of the molecule is CC1CCN(Cc2ccc(C(=O)N3CCO[C@H](C(F)(F)F)C3)o2)CC1. The fourth-order valence-electron chi connectivity index (χ4n) is 3.21. The monoisotopic (exact) mass is 360 g/mol. The maximum atomic E-state index is 12.8. The van der Waals surface area contributed by atoms with Crippen LogP contribution in [0.2, 0.25) is 0 Å². The number of furan rings is 1. The molecule has 25 heavy (non-hydrogen) atoms. The molecule has 2 saturated heterocycles. The highest BCUT2D eigenvalue weighted by molar-refractivity contribution is 5.91. The van der Waals surface area contributed by atoms with Gasteiger partial charge in [0.1, 0.15) is 5.76 Å². The molecule has 0 radical (unpaired) electrons. The third-order valence-electron chi connectivity index (χ3n) is 4.85. The lowest BCUT2D eigenvalue weighted by molar-refractivity contribution is -0.233. The highest BCUT2D eigenvalue weighted by atomic mass is 19.4. The summed E-state index contributed by atoms with van der Waals surface area (Å²) in [5, 5.41) is 0. The van der Waals surface area contributed by atoms with E-state index in [2.05, 4.69) is 11.8 Å². The number of hydrogen-bond acceptors (Lipinski definition) is 4. The van der Waals surface area contributed by atoms with Crippen LogP contribution in [-0.2, 0) is 11.3 Å². The van der Waals surface area contributed by atoms with E-state index in [4.69, 9.17) is 9.15 Å². The van der Waals surface area contributed by atoms with E-state index < -0.39 is 24.7 Å². The van der Waals surface area contributed by atoms with E-state index in [1.165, 1.54) is 0 Å². The van der Waals surface area contributed by atoms with Crippen LogP contribution in [0, 0.1) is 5.92 Å². The molecule has 2 fully saturated rings. The predicted octanol–water partition coefficient (Wildman–Crippen LogP) is 2.91. The first kappa shape index (κ1) is 18.3. The Morgan fingerprint density at radius 2 is 1.96 bits per heavy atom. The number of likely N-dealkylation sites (tertiary alicyclic amines) is 1. The van der Waals surface area contributed by atoms with E-state index in [1.54, 1.807) is 12.1 Å². The summed E-state index contributed by atoms with van der Waals surface area (Å²) in [5.74, 6) is 0.964. The molecule has 2 aliphatic heterocycles. The molecule has 0 aliphatic carbocycles. The number of nitrogens with zero attached hydrogens (tertiary/aromatic N) is 2. The van der Waals surface area contributed by atoms with Crippen molar-refractivity contribution in [1.82, 2.24) is 9.80 Å². The lowest BCUT2D eigenvalue weighted by atomic mass is 9.99. The van der Waals surface area contributed by atoms with E-state index in [9.17, 15) is 18.0 Å². The molecule has 3 heterocycles. The van der Waals surface area contributed by atoms with Crippen LogP contribution in [0.4, 0.5) is 13.2 Å². The van der Waals surface area contributed by atoms with E-state index in [0.717, 1.165) is 36.7 Å². The van der Waals surface area contributed by atoms with Gasteiger partial charge in [-0.15, -0.1) is 0 Å². The van der Waals surface area contributed by atoms with E-state index in [1.807, 2.05) is 0 Å². The molecule has 0 bridgehead atoms. The number of hydrogen-bond donors (Lipinski definition) is 0. The highest BCUT2D eigenvalue weighted by Crippen LogP contribution is 2.26. The molecule has 1 amide bonds. The minimum atomic E-state index is -4.47. The zero-order valence-corrected chi connectivity index (χ0v) is 14.2. The average Bonchev–Trinajstić information content (AvgIpc) is 3.04. The van der Waals surface area contributed by atoms with Gasteiger partial charge in [0.2, 0.25) is 0 Å². The van der Waals surface area contributed by atoms with Crippen molar-refractivity contribution < 1.29 is 27.1 Å². The quantitative estimate of drug-likeness (QED) is 0.832. The number of piperidine rings is 1. The van der Waals surface area contributed by atoms with Crippen molar-refractivity contribution in [3.05, 3.63) is 23.7 Å². The van der Waals surface area contributed by atoms with Crippen molar-refractivity contribution in [3.63, 3.8) is 0 Å². The fourth-order valence-corrected chi connectivity index (χ4v) is 3.21. The summed E-state index contributed by atoms with van der Waals surface area (Å²) < 4.78 is 48.7. The Kier molecular flexibility index (Phi) is 5.38. The van der Waals surface area contributed by atoms with Gasteiger partial charge in [-0.2, -0.15) is 13.2 Å². The van der Waals surface area contributed by atoms with E-state index in [0.29, 0.717) is 12.3 Å². The molecule has 3 rings (SSSR count). The van der Waals surface area contributed by atoms with Gasteiger partial charge in [0.25, 0.3) is 5.91 Å². The van der Waals surface area contributed by atoms with Crippen LogP contribution in [0.15, 0.2) is 16.5 Å². The molecule has 8 heteroatoms. The average molecular weight is 360 g/mol. The van der Waals surface area contributed by atoms with Crippen molar-refractivity contribution in [2.24, 2.45) is 5.92 Å². The molecule has 2 aliphatic rings. The van der Waals surface area contributed by atoms with Crippen LogP contribution in [0.5, 0.6) is 0 Å². The standard InChI is InChI=1S/C17H23F3N2O3/c1-12-4-6-21(7-5-12)10-13-2-3-14(25-13)16(23)22-8-9-24-15(11-22)17(18,19)20/h2-3,12,15H,4-11H2,1H3/t15-/m0/s1. The number of halogens is 3. The lowest BCUT2D eigenvalue weighted by Gasteiger charge is -2.33. The van der Waals surface area contributed by atoms with E-state index in [-0.39, 0.29) is 18.9 Å². The molecule has 1 atom stereocenters. The Morgan fingerprint density at radius 1 is 1.24 bits per heavy atom. The van der Waals surface area contributed by atoms with Gasteiger partial charge >= 0.3 is 6.18 Å². The summed E-state index contributed by atoms with van der Waals surface area (Å²) >= 11 is 0. The van der Waals surface area contributed by atoms with Gasteiger partial charge in [0.15, 0.2) is 11.9 Å². The van der Waals surface area contributed by atoms with Crippen LogP contribution in [-0.4, -0.2) is 60.8 Å². The largest absolute Gasteiger partial charge is 0.455 e. The second-order valence-electron chi connectivity index (χ2n) is 6.88. The zero-order chi connectivity index (χ0) is 18.0. The van der Waals surface area contributed by atoms with Crippen molar-refractivity contribution in [1.29, 1.82) is 0 Å². The van der Waals surface area contributed by atoms with Crippen LogP contribution in [0.3, 0.4) is 0 Å². The molecular weight excluding hydrogens is 337 g/mol. The molecule has 0 saturated carbocycles. The molecule has 140 valence electrons. The van der Waals surface area contributed by atoms with Crippen LogP contribution < -0.4 is 0 Å². The fraction of sp³-hybridized carbons (Fsp3) is 0.706. The lowest BCUT2D eigenvalue weighted by Crippen LogP contribution is -2.51. The first-order valence-corrected chi connectivity index (χ1v) is 8.61. The summed E-state index contributed by atoms with van der Waals surface area (Å²) in [4.78, 5) is 15.8. The Balaban J connectivity index is 1.58. The summed E-state index contributed by atoms with van der Waals surface area (Å²) in [5.41, 5.74) is 0. The minimum Gasteiger partial charge on any atom is -0.455 e. The second kappa shape index (κ2) is 7.37. The van der Waals surface area contributed by atoms with Gasteiger partial charge < -0.3 is 14.1 Å². The summed E-state index contributed by atoms with van der Waals surface area (Å²) in [6.45, 7) is 4.33. The topological polar surface area (TPSA) is 45.9 Å². The Bertz CT molecular complexity index is 594. The van der Waals surface area contributed by atoms with Crippen molar-refractivity contribution in [3.8, 4) is 0 Å².